The molecule has 0 saturated heterocycles. The summed E-state index contributed by atoms with van der Waals surface area (Å²) in [6, 6.07) is -0.163. The number of hydrogen-bond acceptors (Lipinski definition) is 5. The van der Waals surface area contributed by atoms with Crippen molar-refractivity contribution in [2.45, 2.75) is 32.7 Å². The molecule has 1 atom stereocenters. The van der Waals surface area contributed by atoms with Gasteiger partial charge in [-0.15, -0.1) is 0 Å². The smallest absolute Gasteiger partial charge is 0.343 e. The number of carboxylic acids is 1. The maximum Gasteiger partial charge on any atom is 0.343 e. The first kappa shape index (κ1) is 12.3. The van der Waals surface area contributed by atoms with Crippen LogP contribution in [0, 0.1) is 6.92 Å². The van der Waals surface area contributed by atoms with Crippen LogP contribution < -0.4 is 5.56 Å². The zero-order valence-electron chi connectivity index (χ0n) is 10.0. The third-order valence-electron chi connectivity index (χ3n) is 3.13. The van der Waals surface area contributed by atoms with Gasteiger partial charge < -0.3 is 10.3 Å². The predicted molar refractivity (Wildman–Crippen MR) is 62.5 cm³/mol. The minimum absolute atomic E-state index is 0.133. The first-order valence-corrected chi connectivity index (χ1v) is 5.55. The van der Waals surface area contributed by atoms with Gasteiger partial charge in [-0.2, -0.15) is 0 Å². The van der Waals surface area contributed by atoms with Crippen molar-refractivity contribution in [2.75, 3.05) is 0 Å². The van der Waals surface area contributed by atoms with Crippen molar-refractivity contribution in [3.8, 4) is 0 Å². The van der Waals surface area contributed by atoms with E-state index in [1.54, 1.807) is 0 Å². The summed E-state index contributed by atoms with van der Waals surface area (Å²) in [5.41, 5.74) is -0.484. The Kier molecular flexibility index (Phi) is 2.90. The van der Waals surface area contributed by atoms with Gasteiger partial charge in [-0.1, -0.05) is 5.16 Å². The molecule has 1 aliphatic heterocycles. The van der Waals surface area contributed by atoms with E-state index in [9.17, 15) is 9.59 Å². The Balaban J connectivity index is 2.82. The maximum atomic E-state index is 12.2. The van der Waals surface area contributed by atoms with E-state index in [4.69, 9.17) is 10.3 Å². The van der Waals surface area contributed by atoms with Crippen molar-refractivity contribution in [1.82, 2.24) is 9.55 Å². The third kappa shape index (κ3) is 1.68. The fourth-order valence-electron chi connectivity index (χ4n) is 2.18. The molecule has 96 valence electrons. The second-order valence-electron chi connectivity index (χ2n) is 4.31. The predicted octanol–water partition coefficient (Wildman–Crippen LogP) is 0.783. The van der Waals surface area contributed by atoms with E-state index in [1.807, 2.05) is 6.92 Å². The van der Waals surface area contributed by atoms with Crippen molar-refractivity contribution in [2.24, 2.45) is 5.16 Å². The zero-order chi connectivity index (χ0) is 13.4. The molecule has 0 amide bonds. The van der Waals surface area contributed by atoms with Crippen LogP contribution in [0.1, 0.15) is 47.7 Å². The number of aromatic nitrogens is 2. The molecule has 1 aliphatic rings. The van der Waals surface area contributed by atoms with E-state index >= 15 is 0 Å². The number of aromatic carboxylic acids is 1. The monoisotopic (exact) mass is 251 g/mol. The van der Waals surface area contributed by atoms with Gasteiger partial charge in [-0.05, 0) is 26.7 Å². The average molecular weight is 251 g/mol. The Morgan fingerprint density at radius 2 is 2.22 bits per heavy atom. The minimum Gasteiger partial charge on any atom is -0.477 e. The van der Waals surface area contributed by atoms with Gasteiger partial charge in [0.25, 0.3) is 5.56 Å². The standard InChI is InChI=1S/C11H13N3O4/c1-5-3-4-7(13-18)9-12-6(2)8(11(16)17)10(15)14(5)9/h5,18H,3-4H2,1-2H3,(H,16,17)/b13-7+. The molecule has 1 aromatic heterocycles. The highest BCUT2D eigenvalue weighted by atomic mass is 16.4. The molecular weight excluding hydrogens is 238 g/mol. The summed E-state index contributed by atoms with van der Waals surface area (Å²) in [6.07, 6.45) is 1.12. The average Bonchev–Trinajstić information content (AvgIpc) is 2.28. The van der Waals surface area contributed by atoms with E-state index in [0.717, 1.165) is 0 Å². The summed E-state index contributed by atoms with van der Waals surface area (Å²) in [5.74, 6) is -1.04. The molecule has 1 aromatic rings. The molecule has 0 bridgehead atoms. The van der Waals surface area contributed by atoms with Crippen LogP contribution in [0.2, 0.25) is 0 Å². The van der Waals surface area contributed by atoms with Gasteiger partial charge in [0.15, 0.2) is 5.82 Å². The summed E-state index contributed by atoms with van der Waals surface area (Å²) < 4.78 is 1.29. The molecule has 0 spiro atoms. The lowest BCUT2D eigenvalue weighted by Crippen LogP contribution is -2.38. The molecule has 0 aromatic carbocycles. The van der Waals surface area contributed by atoms with Gasteiger partial charge in [0.05, 0.1) is 5.69 Å². The number of aryl methyl sites for hydroxylation is 1. The molecule has 1 unspecified atom stereocenters. The van der Waals surface area contributed by atoms with E-state index < -0.39 is 11.5 Å². The van der Waals surface area contributed by atoms with Crippen LogP contribution in [-0.4, -0.2) is 31.5 Å². The quantitative estimate of drug-likeness (QED) is 0.567. The molecule has 0 fully saturated rings. The van der Waals surface area contributed by atoms with Crippen molar-refractivity contribution < 1.29 is 15.1 Å². The maximum absolute atomic E-state index is 12.2. The van der Waals surface area contributed by atoms with Gasteiger partial charge in [0, 0.05) is 6.04 Å². The molecule has 7 heteroatoms. The lowest BCUT2D eigenvalue weighted by Gasteiger charge is -2.25. The number of fused-ring (bicyclic) bond motifs is 1. The fraction of sp³-hybridized carbons (Fsp3) is 0.455. The molecule has 18 heavy (non-hydrogen) atoms. The molecule has 0 saturated carbocycles. The van der Waals surface area contributed by atoms with Gasteiger partial charge in [-0.3, -0.25) is 9.36 Å². The van der Waals surface area contributed by atoms with Gasteiger partial charge in [0.2, 0.25) is 0 Å². The molecule has 0 aliphatic carbocycles. The number of oxime groups is 1. The zero-order valence-corrected chi connectivity index (χ0v) is 10.0. The Morgan fingerprint density at radius 3 is 2.78 bits per heavy atom. The Morgan fingerprint density at radius 1 is 1.56 bits per heavy atom. The first-order valence-electron chi connectivity index (χ1n) is 5.55. The van der Waals surface area contributed by atoms with Crippen molar-refractivity contribution in [3.63, 3.8) is 0 Å². The van der Waals surface area contributed by atoms with Crippen LogP contribution in [0.5, 0.6) is 0 Å². The Hall–Kier alpha value is -2.18. The van der Waals surface area contributed by atoms with Crippen LogP contribution in [0.4, 0.5) is 0 Å². The van der Waals surface area contributed by atoms with E-state index in [0.29, 0.717) is 18.6 Å². The van der Waals surface area contributed by atoms with Crippen LogP contribution in [0.15, 0.2) is 9.95 Å². The van der Waals surface area contributed by atoms with Crippen LogP contribution >= 0.6 is 0 Å². The number of nitrogens with zero attached hydrogens (tertiary/aromatic N) is 3. The molecule has 2 rings (SSSR count). The van der Waals surface area contributed by atoms with Gasteiger partial charge in [0.1, 0.15) is 11.3 Å². The number of hydrogen-bond donors (Lipinski definition) is 2. The van der Waals surface area contributed by atoms with Crippen molar-refractivity contribution >= 4 is 11.7 Å². The van der Waals surface area contributed by atoms with E-state index in [2.05, 4.69) is 10.1 Å². The van der Waals surface area contributed by atoms with Crippen LogP contribution in [0.3, 0.4) is 0 Å². The topological polar surface area (TPSA) is 105 Å². The highest BCUT2D eigenvalue weighted by Gasteiger charge is 2.28. The van der Waals surface area contributed by atoms with E-state index in [-0.39, 0.29) is 23.1 Å². The molecule has 2 heterocycles. The van der Waals surface area contributed by atoms with Gasteiger partial charge >= 0.3 is 5.97 Å². The Labute approximate surface area is 102 Å². The van der Waals surface area contributed by atoms with Crippen molar-refractivity contribution in [3.05, 3.63) is 27.4 Å². The number of carbonyl (C=O) groups is 1. The third-order valence-corrected chi connectivity index (χ3v) is 3.13. The second-order valence-corrected chi connectivity index (χ2v) is 4.31. The highest BCUT2D eigenvalue weighted by Crippen LogP contribution is 2.22. The summed E-state index contributed by atoms with van der Waals surface area (Å²) >= 11 is 0. The minimum atomic E-state index is -1.29. The lowest BCUT2D eigenvalue weighted by atomic mass is 10.0. The van der Waals surface area contributed by atoms with Crippen LogP contribution in [-0.2, 0) is 0 Å². The molecular formula is C11H13N3O4. The molecule has 0 radical (unpaired) electrons. The largest absolute Gasteiger partial charge is 0.477 e. The number of rotatable bonds is 1. The van der Waals surface area contributed by atoms with Crippen molar-refractivity contribution in [1.29, 1.82) is 0 Å². The van der Waals surface area contributed by atoms with E-state index in [1.165, 1.54) is 11.5 Å². The fourth-order valence-corrected chi connectivity index (χ4v) is 2.18. The summed E-state index contributed by atoms with van der Waals surface area (Å²) in [7, 11) is 0. The molecule has 7 nitrogen and oxygen atoms in total. The first-order chi connectivity index (χ1) is 8.47. The van der Waals surface area contributed by atoms with Gasteiger partial charge in [-0.25, -0.2) is 9.78 Å². The normalized spacial score (nSPS) is 20.8. The summed E-state index contributed by atoms with van der Waals surface area (Å²) in [6.45, 7) is 3.27. The summed E-state index contributed by atoms with van der Waals surface area (Å²) in [5, 5.41) is 21.1. The van der Waals surface area contributed by atoms with Crippen LogP contribution in [0.25, 0.3) is 0 Å². The SMILES string of the molecule is Cc1nc2n(c(=O)c1C(=O)O)C(C)CC/C2=N\O. The number of carboxylic acid groups (broad SMARTS) is 1. The second kappa shape index (κ2) is 4.25. The molecule has 2 N–H and O–H groups in total. The Bertz CT molecular complexity index is 603. The highest BCUT2D eigenvalue weighted by molar-refractivity contribution is 5.98. The summed E-state index contributed by atoms with van der Waals surface area (Å²) in [4.78, 5) is 27.3. The lowest BCUT2D eigenvalue weighted by molar-refractivity contribution is 0.0692.